The normalized spacial score (nSPS) is 18.2. The molecule has 1 amide bonds. The fourth-order valence-electron chi connectivity index (χ4n) is 2.92. The Morgan fingerprint density at radius 3 is 2.85 bits per heavy atom. The first-order valence-electron chi connectivity index (χ1n) is 8.25. The first-order chi connectivity index (χ1) is 12.8. The van der Waals surface area contributed by atoms with Crippen LogP contribution in [0.25, 0.3) is 0 Å². The molecular formula is C16H18N4O5S2. The Labute approximate surface area is 160 Å². The van der Waals surface area contributed by atoms with Crippen LogP contribution < -0.4 is 5.32 Å². The van der Waals surface area contributed by atoms with Gasteiger partial charge in [-0.05, 0) is 38.0 Å². The number of nitrogens with zero attached hydrogens (tertiary/aromatic N) is 3. The number of pyridine rings is 1. The Balaban J connectivity index is 1.75. The lowest BCUT2D eigenvalue weighted by molar-refractivity contribution is -0.384. The molecule has 1 aliphatic heterocycles. The van der Waals surface area contributed by atoms with Crippen LogP contribution in [0.4, 0.5) is 11.4 Å². The highest BCUT2D eigenvalue weighted by Crippen LogP contribution is 2.29. The Morgan fingerprint density at radius 2 is 2.19 bits per heavy atom. The van der Waals surface area contributed by atoms with Crippen LogP contribution in [-0.2, 0) is 14.8 Å². The van der Waals surface area contributed by atoms with E-state index in [9.17, 15) is 23.3 Å². The van der Waals surface area contributed by atoms with Crippen LogP contribution in [0.15, 0.2) is 34.8 Å². The molecule has 9 nitrogen and oxygen atoms in total. The van der Waals surface area contributed by atoms with Gasteiger partial charge in [0.15, 0.2) is 0 Å². The molecule has 0 spiro atoms. The van der Waals surface area contributed by atoms with E-state index in [0.29, 0.717) is 19.4 Å². The number of carbonyl (C=O) groups is 1. The first kappa shape index (κ1) is 19.4. The minimum Gasteiger partial charge on any atom is -0.320 e. The lowest BCUT2D eigenvalue weighted by Gasteiger charge is -2.30. The Hall–Kier alpha value is -2.37. The molecule has 1 N–H and O–H groups in total. The van der Waals surface area contributed by atoms with E-state index in [-0.39, 0.29) is 22.1 Å². The highest BCUT2D eigenvalue weighted by Gasteiger charge is 2.34. The van der Waals surface area contributed by atoms with Crippen molar-refractivity contribution in [1.29, 1.82) is 0 Å². The van der Waals surface area contributed by atoms with Gasteiger partial charge in [0.05, 0.1) is 10.8 Å². The number of piperidine rings is 1. The predicted octanol–water partition coefficient (Wildman–Crippen LogP) is 2.40. The molecule has 1 saturated heterocycles. The molecular weight excluding hydrogens is 392 g/mol. The standard InChI is InChI=1S/C16H18N4O5S2/c1-11-4-5-15(26-11)27(24,25)19-8-2-3-12(10-19)16(21)18-13-6-7-17-9-14(13)20(22)23/h4-7,9,12H,2-3,8,10H2,1H3,(H,17,18,21). The van der Waals surface area contributed by atoms with Crippen molar-refractivity contribution >= 4 is 38.6 Å². The molecule has 1 atom stereocenters. The molecule has 11 heteroatoms. The number of rotatable bonds is 5. The SMILES string of the molecule is Cc1ccc(S(=O)(=O)N2CCCC(C(=O)Nc3ccncc3[N+](=O)[O-])C2)s1. The maximum atomic E-state index is 12.8. The van der Waals surface area contributed by atoms with Crippen molar-refractivity contribution in [2.75, 3.05) is 18.4 Å². The lowest BCUT2D eigenvalue weighted by atomic mass is 9.98. The van der Waals surface area contributed by atoms with Crippen molar-refractivity contribution in [2.24, 2.45) is 5.92 Å². The summed E-state index contributed by atoms with van der Waals surface area (Å²) in [6.45, 7) is 2.22. The molecule has 2 aromatic heterocycles. The van der Waals surface area contributed by atoms with E-state index in [1.54, 1.807) is 12.1 Å². The number of sulfonamides is 1. The summed E-state index contributed by atoms with van der Waals surface area (Å²) >= 11 is 1.19. The topological polar surface area (TPSA) is 123 Å². The lowest BCUT2D eigenvalue weighted by Crippen LogP contribution is -2.43. The summed E-state index contributed by atoms with van der Waals surface area (Å²) in [7, 11) is -3.65. The zero-order valence-electron chi connectivity index (χ0n) is 14.5. The van der Waals surface area contributed by atoms with E-state index in [4.69, 9.17) is 0 Å². The van der Waals surface area contributed by atoms with Gasteiger partial charge in [0.2, 0.25) is 5.91 Å². The number of carbonyl (C=O) groups excluding carboxylic acids is 1. The number of aryl methyl sites for hydroxylation is 1. The van der Waals surface area contributed by atoms with Crippen LogP contribution in [0.2, 0.25) is 0 Å². The minimum absolute atomic E-state index is 0.0456. The van der Waals surface area contributed by atoms with E-state index < -0.39 is 26.8 Å². The van der Waals surface area contributed by atoms with Gasteiger partial charge in [0.1, 0.15) is 16.1 Å². The molecule has 2 aromatic rings. The van der Waals surface area contributed by atoms with Crippen LogP contribution >= 0.6 is 11.3 Å². The Kier molecular flexibility index (Phi) is 5.53. The third-order valence-corrected chi connectivity index (χ3v) is 7.65. The molecule has 0 aromatic carbocycles. The summed E-state index contributed by atoms with van der Waals surface area (Å²) in [5.74, 6) is -1.02. The fourth-order valence-corrected chi connectivity index (χ4v) is 5.89. The average Bonchev–Trinajstić information content (AvgIpc) is 3.09. The predicted molar refractivity (Wildman–Crippen MR) is 100 cm³/mol. The van der Waals surface area contributed by atoms with E-state index in [0.717, 1.165) is 11.1 Å². The number of aromatic nitrogens is 1. The number of anilines is 1. The second-order valence-corrected chi connectivity index (χ2v) is 9.66. The second-order valence-electron chi connectivity index (χ2n) is 6.21. The summed E-state index contributed by atoms with van der Waals surface area (Å²) in [5.41, 5.74) is -0.255. The number of thiophene rings is 1. The monoisotopic (exact) mass is 410 g/mol. The van der Waals surface area contributed by atoms with Gasteiger partial charge in [-0.1, -0.05) is 0 Å². The molecule has 0 saturated carbocycles. The number of nitro groups is 1. The van der Waals surface area contributed by atoms with Crippen molar-refractivity contribution in [3.05, 3.63) is 45.6 Å². The summed E-state index contributed by atoms with van der Waals surface area (Å²) in [5, 5.41) is 13.6. The van der Waals surface area contributed by atoms with Crippen LogP contribution in [0, 0.1) is 23.0 Å². The van der Waals surface area contributed by atoms with Crippen LogP contribution in [-0.4, -0.2) is 41.6 Å². The Bertz CT molecular complexity index is 973. The average molecular weight is 410 g/mol. The maximum absolute atomic E-state index is 12.8. The fraction of sp³-hybridized carbons (Fsp3) is 0.375. The number of hydrogen-bond acceptors (Lipinski definition) is 7. The maximum Gasteiger partial charge on any atom is 0.310 e. The van der Waals surface area contributed by atoms with Gasteiger partial charge in [0.25, 0.3) is 10.0 Å². The van der Waals surface area contributed by atoms with Gasteiger partial charge < -0.3 is 5.32 Å². The number of amides is 1. The molecule has 1 fully saturated rings. The molecule has 1 aliphatic rings. The van der Waals surface area contributed by atoms with Gasteiger partial charge in [-0.25, -0.2) is 8.42 Å². The third kappa shape index (κ3) is 4.15. The molecule has 27 heavy (non-hydrogen) atoms. The second kappa shape index (κ2) is 7.71. The highest BCUT2D eigenvalue weighted by atomic mass is 32.2. The number of nitrogens with one attached hydrogen (secondary N) is 1. The van der Waals surface area contributed by atoms with Crippen molar-refractivity contribution in [3.8, 4) is 0 Å². The van der Waals surface area contributed by atoms with Crippen molar-refractivity contribution in [2.45, 2.75) is 24.0 Å². The first-order valence-corrected chi connectivity index (χ1v) is 10.5. The quantitative estimate of drug-likeness (QED) is 0.596. The molecule has 3 heterocycles. The smallest absolute Gasteiger partial charge is 0.310 e. The molecule has 0 bridgehead atoms. The van der Waals surface area contributed by atoms with Crippen molar-refractivity contribution in [1.82, 2.24) is 9.29 Å². The third-order valence-electron chi connectivity index (χ3n) is 4.32. The van der Waals surface area contributed by atoms with Gasteiger partial charge >= 0.3 is 5.69 Å². The Morgan fingerprint density at radius 1 is 1.41 bits per heavy atom. The van der Waals surface area contributed by atoms with Gasteiger partial charge in [-0.2, -0.15) is 4.31 Å². The van der Waals surface area contributed by atoms with Crippen molar-refractivity contribution in [3.63, 3.8) is 0 Å². The summed E-state index contributed by atoms with van der Waals surface area (Å²) in [6, 6.07) is 4.66. The number of hydrogen-bond donors (Lipinski definition) is 1. The van der Waals surface area contributed by atoms with E-state index in [1.807, 2.05) is 6.92 Å². The molecule has 3 rings (SSSR count). The van der Waals surface area contributed by atoms with E-state index in [1.165, 1.54) is 27.9 Å². The summed E-state index contributed by atoms with van der Waals surface area (Å²) in [6.07, 6.45) is 3.46. The summed E-state index contributed by atoms with van der Waals surface area (Å²) < 4.78 is 27.1. The largest absolute Gasteiger partial charge is 0.320 e. The van der Waals surface area contributed by atoms with Crippen molar-refractivity contribution < 1.29 is 18.1 Å². The van der Waals surface area contributed by atoms with Crippen LogP contribution in [0.3, 0.4) is 0 Å². The summed E-state index contributed by atoms with van der Waals surface area (Å²) in [4.78, 5) is 27.6. The molecule has 144 valence electrons. The van der Waals surface area contributed by atoms with Crippen LogP contribution in [0.5, 0.6) is 0 Å². The molecule has 0 radical (unpaired) electrons. The molecule has 1 unspecified atom stereocenters. The zero-order chi connectivity index (χ0) is 19.6. The van der Waals surface area contributed by atoms with Gasteiger partial charge in [-0.3, -0.25) is 19.9 Å². The zero-order valence-corrected chi connectivity index (χ0v) is 16.1. The molecule has 0 aliphatic carbocycles. The highest BCUT2D eigenvalue weighted by molar-refractivity contribution is 7.91. The van der Waals surface area contributed by atoms with Gasteiger partial charge in [-0.15, -0.1) is 11.3 Å². The van der Waals surface area contributed by atoms with E-state index >= 15 is 0 Å². The minimum atomic E-state index is -3.65. The van der Waals surface area contributed by atoms with Gasteiger partial charge in [0, 0.05) is 24.2 Å². The van der Waals surface area contributed by atoms with E-state index in [2.05, 4.69) is 10.3 Å². The van der Waals surface area contributed by atoms with Crippen LogP contribution in [0.1, 0.15) is 17.7 Å².